The molecule has 2 heterocycles. The summed E-state index contributed by atoms with van der Waals surface area (Å²) >= 11 is 0. The van der Waals surface area contributed by atoms with Crippen LogP contribution < -0.4 is 15.4 Å². The van der Waals surface area contributed by atoms with E-state index < -0.39 is 9.84 Å². The molecule has 1 aliphatic heterocycles. The van der Waals surface area contributed by atoms with E-state index in [1.54, 1.807) is 43.5 Å². The summed E-state index contributed by atoms with van der Waals surface area (Å²) in [7, 11) is -1.36. The Morgan fingerprint density at radius 1 is 1.20 bits per heavy atom. The minimum Gasteiger partial charge on any atom is -0.497 e. The van der Waals surface area contributed by atoms with Gasteiger partial charge in [0.1, 0.15) is 11.6 Å². The first-order valence-electron chi connectivity index (χ1n) is 7.83. The van der Waals surface area contributed by atoms with Crippen LogP contribution in [0.2, 0.25) is 0 Å². The van der Waals surface area contributed by atoms with Crippen molar-refractivity contribution in [3.63, 3.8) is 0 Å². The van der Waals surface area contributed by atoms with E-state index in [0.717, 1.165) is 0 Å². The van der Waals surface area contributed by atoms with Crippen molar-refractivity contribution in [1.29, 1.82) is 0 Å². The number of nitrogens with zero attached hydrogens (tertiary/aromatic N) is 1. The van der Waals surface area contributed by atoms with Crippen LogP contribution in [0.1, 0.15) is 16.8 Å². The van der Waals surface area contributed by atoms with E-state index >= 15 is 0 Å². The first kappa shape index (κ1) is 17.2. The molecule has 0 saturated carbocycles. The smallest absolute Gasteiger partial charge is 0.255 e. The predicted molar refractivity (Wildman–Crippen MR) is 95.9 cm³/mol. The van der Waals surface area contributed by atoms with Crippen LogP contribution in [0.5, 0.6) is 5.75 Å². The Balaban J connectivity index is 1.59. The molecule has 1 aromatic carbocycles. The number of methoxy groups -OCH3 is 1. The van der Waals surface area contributed by atoms with Crippen LogP contribution in [0.15, 0.2) is 42.6 Å². The lowest BCUT2D eigenvalue weighted by atomic mass is 10.2. The van der Waals surface area contributed by atoms with Gasteiger partial charge in [0, 0.05) is 11.6 Å². The predicted octanol–water partition coefficient (Wildman–Crippen LogP) is 1.94. The third-order valence-corrected chi connectivity index (χ3v) is 5.73. The largest absolute Gasteiger partial charge is 0.497 e. The highest BCUT2D eigenvalue weighted by atomic mass is 32.2. The maximum Gasteiger partial charge on any atom is 0.255 e. The van der Waals surface area contributed by atoms with Crippen LogP contribution >= 0.6 is 0 Å². The second kappa shape index (κ2) is 7.10. The minimum atomic E-state index is -2.93. The first-order valence-corrected chi connectivity index (χ1v) is 9.66. The number of carbonyl (C=O) groups is 1. The maximum absolute atomic E-state index is 12.2. The van der Waals surface area contributed by atoms with Crippen LogP contribution in [0.25, 0.3) is 0 Å². The van der Waals surface area contributed by atoms with Gasteiger partial charge in [-0.1, -0.05) is 0 Å². The van der Waals surface area contributed by atoms with Crippen LogP contribution in [0.3, 0.4) is 0 Å². The highest BCUT2D eigenvalue weighted by Crippen LogP contribution is 2.18. The van der Waals surface area contributed by atoms with Crippen molar-refractivity contribution in [3.05, 3.63) is 48.2 Å². The molecule has 7 nitrogen and oxygen atoms in total. The number of benzene rings is 1. The standard InChI is InChI=1S/C17H19N3O4S/c1-24-15-5-2-12(3-6-15)17(21)20-13-4-7-16(18-10-13)19-14-8-9-25(22,23)11-14/h2-7,10,14H,8-9,11H2,1H3,(H,18,19)(H,20,21). The van der Waals surface area contributed by atoms with Gasteiger partial charge in [-0.05, 0) is 42.8 Å². The number of amides is 1. The van der Waals surface area contributed by atoms with Crippen LogP contribution in [0, 0.1) is 0 Å². The number of hydrogen-bond acceptors (Lipinski definition) is 6. The highest BCUT2D eigenvalue weighted by molar-refractivity contribution is 7.91. The zero-order chi connectivity index (χ0) is 17.9. The molecule has 1 unspecified atom stereocenters. The zero-order valence-electron chi connectivity index (χ0n) is 13.7. The second-order valence-electron chi connectivity index (χ2n) is 5.86. The molecule has 1 saturated heterocycles. The average molecular weight is 361 g/mol. The van der Waals surface area contributed by atoms with Gasteiger partial charge in [-0.15, -0.1) is 0 Å². The van der Waals surface area contributed by atoms with Crippen molar-refractivity contribution in [2.45, 2.75) is 12.5 Å². The van der Waals surface area contributed by atoms with Crippen molar-refractivity contribution in [3.8, 4) is 5.75 Å². The molecule has 1 fully saturated rings. The summed E-state index contributed by atoms with van der Waals surface area (Å²) in [4.78, 5) is 16.4. The summed E-state index contributed by atoms with van der Waals surface area (Å²) in [6.07, 6.45) is 2.12. The first-order chi connectivity index (χ1) is 11.9. The molecule has 0 aliphatic carbocycles. The van der Waals surface area contributed by atoms with Crippen molar-refractivity contribution >= 4 is 27.2 Å². The Morgan fingerprint density at radius 2 is 1.96 bits per heavy atom. The SMILES string of the molecule is COc1ccc(C(=O)Nc2ccc(NC3CCS(=O)(=O)C3)nc2)cc1. The number of ether oxygens (including phenoxy) is 1. The van der Waals surface area contributed by atoms with Gasteiger partial charge in [0.15, 0.2) is 9.84 Å². The number of anilines is 2. The van der Waals surface area contributed by atoms with Crippen LogP contribution in [0.4, 0.5) is 11.5 Å². The third kappa shape index (κ3) is 4.48. The van der Waals surface area contributed by atoms with Crippen LogP contribution in [-0.4, -0.2) is 44.0 Å². The number of carbonyl (C=O) groups excluding carboxylic acids is 1. The number of sulfone groups is 1. The summed E-state index contributed by atoms with van der Waals surface area (Å²) < 4.78 is 28.0. The summed E-state index contributed by atoms with van der Waals surface area (Å²) in [5.41, 5.74) is 1.07. The molecule has 2 N–H and O–H groups in total. The summed E-state index contributed by atoms with van der Waals surface area (Å²) in [6.45, 7) is 0. The molecule has 25 heavy (non-hydrogen) atoms. The average Bonchev–Trinajstić information content (AvgIpc) is 2.95. The molecule has 1 aliphatic rings. The van der Waals surface area contributed by atoms with Gasteiger partial charge in [-0.2, -0.15) is 0 Å². The molecule has 3 rings (SSSR count). The molecule has 0 radical (unpaired) electrons. The normalized spacial score (nSPS) is 18.5. The van der Waals surface area contributed by atoms with Gasteiger partial charge in [0.25, 0.3) is 5.91 Å². The second-order valence-corrected chi connectivity index (χ2v) is 8.09. The van der Waals surface area contributed by atoms with Gasteiger partial charge < -0.3 is 15.4 Å². The lowest BCUT2D eigenvalue weighted by molar-refractivity contribution is 0.102. The van der Waals surface area contributed by atoms with Crippen molar-refractivity contribution in [2.75, 3.05) is 29.2 Å². The summed E-state index contributed by atoms with van der Waals surface area (Å²) in [6, 6.07) is 10.1. The third-order valence-electron chi connectivity index (χ3n) is 3.96. The monoisotopic (exact) mass is 361 g/mol. The van der Waals surface area contributed by atoms with Gasteiger partial charge >= 0.3 is 0 Å². The Bertz CT molecular complexity index is 848. The van der Waals surface area contributed by atoms with Crippen molar-refractivity contribution < 1.29 is 17.9 Å². The van der Waals surface area contributed by atoms with E-state index in [4.69, 9.17) is 4.74 Å². The molecular weight excluding hydrogens is 342 g/mol. The Morgan fingerprint density at radius 3 is 2.52 bits per heavy atom. The molecule has 0 spiro atoms. The Labute approximate surface area is 146 Å². The summed E-state index contributed by atoms with van der Waals surface area (Å²) in [5.74, 6) is 1.37. The number of aromatic nitrogens is 1. The van der Waals surface area contributed by atoms with E-state index in [-0.39, 0.29) is 23.5 Å². The molecule has 2 aromatic rings. The van der Waals surface area contributed by atoms with Gasteiger partial charge in [0.2, 0.25) is 0 Å². The highest BCUT2D eigenvalue weighted by Gasteiger charge is 2.27. The van der Waals surface area contributed by atoms with Gasteiger partial charge in [-0.25, -0.2) is 13.4 Å². The van der Waals surface area contributed by atoms with Gasteiger partial charge in [-0.3, -0.25) is 4.79 Å². The lowest BCUT2D eigenvalue weighted by Gasteiger charge is -2.12. The van der Waals surface area contributed by atoms with E-state index in [1.807, 2.05) is 0 Å². The Kier molecular flexibility index (Phi) is 4.89. The van der Waals surface area contributed by atoms with E-state index in [9.17, 15) is 13.2 Å². The Hall–Kier alpha value is -2.61. The van der Waals surface area contributed by atoms with Crippen molar-refractivity contribution in [1.82, 2.24) is 4.98 Å². The minimum absolute atomic E-state index is 0.114. The van der Waals surface area contributed by atoms with E-state index in [0.29, 0.717) is 29.2 Å². The van der Waals surface area contributed by atoms with E-state index in [2.05, 4.69) is 15.6 Å². The van der Waals surface area contributed by atoms with Gasteiger partial charge in [0.05, 0.1) is 30.5 Å². The topological polar surface area (TPSA) is 97.4 Å². The fourth-order valence-electron chi connectivity index (χ4n) is 2.62. The molecule has 1 amide bonds. The quantitative estimate of drug-likeness (QED) is 0.845. The number of hydrogen-bond donors (Lipinski definition) is 2. The molecule has 0 bridgehead atoms. The molecular formula is C17H19N3O4S. The number of nitrogens with one attached hydrogen (secondary N) is 2. The molecule has 132 valence electrons. The fourth-order valence-corrected chi connectivity index (χ4v) is 4.29. The number of pyridine rings is 1. The number of rotatable bonds is 5. The van der Waals surface area contributed by atoms with Crippen LogP contribution in [-0.2, 0) is 9.84 Å². The molecule has 1 atom stereocenters. The summed E-state index contributed by atoms with van der Waals surface area (Å²) in [5, 5.41) is 5.87. The van der Waals surface area contributed by atoms with Crippen molar-refractivity contribution in [2.24, 2.45) is 0 Å². The zero-order valence-corrected chi connectivity index (χ0v) is 14.5. The maximum atomic E-state index is 12.2. The van der Waals surface area contributed by atoms with E-state index in [1.165, 1.54) is 6.20 Å². The lowest BCUT2D eigenvalue weighted by Crippen LogP contribution is -2.21. The fraction of sp³-hybridized carbons (Fsp3) is 0.294. The molecule has 1 aromatic heterocycles. The molecule has 8 heteroatoms.